The van der Waals surface area contributed by atoms with Crippen molar-refractivity contribution in [1.29, 1.82) is 0 Å². The minimum absolute atomic E-state index is 0.0581. The lowest BCUT2D eigenvalue weighted by atomic mass is 9.82. The second-order valence-corrected chi connectivity index (χ2v) is 9.87. The zero-order valence-electron chi connectivity index (χ0n) is 20.3. The highest BCUT2D eigenvalue weighted by Gasteiger charge is 2.60. The van der Waals surface area contributed by atoms with Gasteiger partial charge in [-0.1, -0.05) is 36.4 Å². The molecule has 0 bridgehead atoms. The van der Waals surface area contributed by atoms with E-state index in [-0.39, 0.29) is 49.6 Å². The summed E-state index contributed by atoms with van der Waals surface area (Å²) >= 11 is 0. The molecule has 1 unspecified atom stereocenters. The number of carbonyl (C=O) groups is 4. The first-order chi connectivity index (χ1) is 17.7. The maximum absolute atomic E-state index is 13.5. The van der Waals surface area contributed by atoms with Gasteiger partial charge >= 0.3 is 0 Å². The van der Waals surface area contributed by atoms with Crippen LogP contribution in [0.15, 0.2) is 54.7 Å². The number of Topliss-reactive ketones (excluding diaryl/α,β-unsaturated/α-hetero) is 1. The standard InChI is InChI=1S/C27H30F2N4O4/c28-27(29)11-9-26(10-12-27)15-20(26)24(36)32-17-22(34)33-21(14-18-6-2-1-3-7-18)23(35)25(37)31-16-19-8-4-5-13-30-19/h1-8,13,20-21H,9-12,14-17H2,(H,31,37)(H,32,36)(H,33,34)/t20?,21-/m1/s1. The van der Waals surface area contributed by atoms with E-state index in [1.54, 1.807) is 48.7 Å². The minimum atomic E-state index is -2.67. The number of aromatic nitrogens is 1. The van der Waals surface area contributed by atoms with E-state index in [0.717, 1.165) is 5.56 Å². The average Bonchev–Trinajstić information content (AvgIpc) is 3.62. The Labute approximate surface area is 213 Å². The number of nitrogens with zero attached hydrogens (tertiary/aromatic N) is 1. The monoisotopic (exact) mass is 512 g/mol. The SMILES string of the molecule is O=C(CNC(=O)C1CC12CCC(F)(F)CC2)N[C@H](Cc1ccccc1)C(=O)C(=O)NCc1ccccn1. The van der Waals surface area contributed by atoms with Gasteiger partial charge in [-0.2, -0.15) is 0 Å². The fraction of sp³-hybridized carbons (Fsp3) is 0.444. The van der Waals surface area contributed by atoms with Crippen LogP contribution < -0.4 is 16.0 Å². The fourth-order valence-electron chi connectivity index (χ4n) is 4.90. The molecule has 2 aliphatic rings. The summed E-state index contributed by atoms with van der Waals surface area (Å²) in [5.74, 6) is -5.69. The number of rotatable bonds is 10. The fourth-order valence-corrected chi connectivity index (χ4v) is 4.90. The first-order valence-corrected chi connectivity index (χ1v) is 12.4. The van der Waals surface area contributed by atoms with Crippen molar-refractivity contribution in [3.8, 4) is 0 Å². The molecular weight excluding hydrogens is 482 g/mol. The summed E-state index contributed by atoms with van der Waals surface area (Å²) in [5.41, 5.74) is 0.936. The van der Waals surface area contributed by atoms with Crippen LogP contribution in [0.5, 0.6) is 0 Å². The van der Waals surface area contributed by atoms with E-state index in [1.165, 1.54) is 0 Å². The van der Waals surface area contributed by atoms with E-state index in [2.05, 4.69) is 20.9 Å². The summed E-state index contributed by atoms with van der Waals surface area (Å²) in [6.07, 6.45) is 2.37. The maximum atomic E-state index is 13.5. The molecule has 1 aromatic carbocycles. The highest BCUT2D eigenvalue weighted by molar-refractivity contribution is 6.38. The third kappa shape index (κ3) is 6.96. The van der Waals surface area contributed by atoms with Crippen molar-refractivity contribution in [2.24, 2.45) is 11.3 Å². The molecule has 3 N–H and O–H groups in total. The van der Waals surface area contributed by atoms with E-state index in [9.17, 15) is 28.0 Å². The molecule has 8 nitrogen and oxygen atoms in total. The average molecular weight is 513 g/mol. The summed E-state index contributed by atoms with van der Waals surface area (Å²) in [6.45, 7) is -0.321. The van der Waals surface area contributed by atoms with Crippen molar-refractivity contribution in [2.45, 2.75) is 57.0 Å². The third-order valence-electron chi connectivity index (χ3n) is 7.22. The smallest absolute Gasteiger partial charge is 0.289 e. The van der Waals surface area contributed by atoms with Gasteiger partial charge in [-0.25, -0.2) is 8.78 Å². The molecular formula is C27H30F2N4O4. The molecule has 196 valence electrons. The first kappa shape index (κ1) is 26.4. The van der Waals surface area contributed by atoms with E-state index in [4.69, 9.17) is 0 Å². The number of pyridine rings is 1. The zero-order chi connectivity index (χ0) is 26.5. The Morgan fingerprint density at radius 2 is 1.65 bits per heavy atom. The predicted octanol–water partition coefficient (Wildman–Crippen LogP) is 2.33. The molecule has 10 heteroatoms. The Hall–Kier alpha value is -3.69. The van der Waals surface area contributed by atoms with Crippen LogP contribution in [-0.4, -0.2) is 47.0 Å². The Morgan fingerprint density at radius 3 is 2.32 bits per heavy atom. The van der Waals surface area contributed by atoms with E-state index in [0.29, 0.717) is 25.0 Å². The van der Waals surface area contributed by atoms with Gasteiger partial charge in [0.2, 0.25) is 23.5 Å². The Balaban J connectivity index is 1.31. The van der Waals surface area contributed by atoms with Crippen LogP contribution in [0.1, 0.15) is 43.4 Å². The summed E-state index contributed by atoms with van der Waals surface area (Å²) < 4.78 is 27.0. The number of carbonyl (C=O) groups excluding carboxylic acids is 4. The summed E-state index contributed by atoms with van der Waals surface area (Å²) in [4.78, 5) is 54.8. The number of alkyl halides is 2. The minimum Gasteiger partial charge on any atom is -0.347 e. The summed E-state index contributed by atoms with van der Waals surface area (Å²) in [5, 5.41) is 7.65. The lowest BCUT2D eigenvalue weighted by Crippen LogP contribution is -2.51. The number of amides is 3. The van der Waals surface area contributed by atoms with Crippen molar-refractivity contribution in [3.05, 3.63) is 66.0 Å². The lowest BCUT2D eigenvalue weighted by molar-refractivity contribution is -0.140. The molecule has 37 heavy (non-hydrogen) atoms. The molecule has 2 saturated carbocycles. The molecule has 0 radical (unpaired) electrons. The van der Waals surface area contributed by atoms with Gasteiger partial charge in [-0.3, -0.25) is 24.2 Å². The van der Waals surface area contributed by atoms with Gasteiger partial charge in [0.1, 0.15) is 6.04 Å². The van der Waals surface area contributed by atoms with Crippen molar-refractivity contribution in [2.75, 3.05) is 6.54 Å². The first-order valence-electron chi connectivity index (χ1n) is 12.4. The van der Waals surface area contributed by atoms with Crippen molar-refractivity contribution in [1.82, 2.24) is 20.9 Å². The van der Waals surface area contributed by atoms with Gasteiger partial charge < -0.3 is 16.0 Å². The molecule has 1 spiro atoms. The van der Waals surface area contributed by atoms with Crippen LogP contribution in [0.3, 0.4) is 0 Å². The second kappa shape index (κ2) is 11.1. The van der Waals surface area contributed by atoms with Crippen LogP contribution in [0.25, 0.3) is 0 Å². The van der Waals surface area contributed by atoms with E-state index in [1.807, 2.05) is 6.07 Å². The number of nitrogens with one attached hydrogen (secondary N) is 3. The number of hydrogen-bond donors (Lipinski definition) is 3. The molecule has 3 amide bonds. The summed E-state index contributed by atoms with van der Waals surface area (Å²) in [7, 11) is 0. The Bertz CT molecular complexity index is 1130. The van der Waals surface area contributed by atoms with Crippen LogP contribution in [0.2, 0.25) is 0 Å². The molecule has 1 aromatic heterocycles. The molecule has 1 heterocycles. The maximum Gasteiger partial charge on any atom is 0.289 e. The van der Waals surface area contributed by atoms with E-state index < -0.39 is 29.6 Å². The largest absolute Gasteiger partial charge is 0.347 e. The number of ketones is 1. The van der Waals surface area contributed by atoms with Crippen LogP contribution in [0.4, 0.5) is 8.78 Å². The third-order valence-corrected chi connectivity index (χ3v) is 7.22. The molecule has 2 aromatic rings. The normalized spacial score (nSPS) is 19.9. The van der Waals surface area contributed by atoms with Crippen molar-refractivity contribution < 1.29 is 28.0 Å². The molecule has 4 rings (SSSR count). The van der Waals surface area contributed by atoms with Crippen molar-refractivity contribution >= 4 is 23.5 Å². The highest BCUT2D eigenvalue weighted by atomic mass is 19.3. The summed E-state index contributed by atoms with van der Waals surface area (Å²) in [6, 6.07) is 13.0. The lowest BCUT2D eigenvalue weighted by Gasteiger charge is -2.29. The van der Waals surface area contributed by atoms with Gasteiger partial charge in [-0.15, -0.1) is 0 Å². The second-order valence-electron chi connectivity index (χ2n) is 9.87. The van der Waals surface area contributed by atoms with Gasteiger partial charge in [0.05, 0.1) is 18.8 Å². The highest BCUT2D eigenvalue weighted by Crippen LogP contribution is 2.63. The molecule has 0 saturated heterocycles. The quantitative estimate of drug-likeness (QED) is 0.423. The van der Waals surface area contributed by atoms with Crippen LogP contribution in [0, 0.1) is 11.3 Å². The zero-order valence-corrected chi connectivity index (χ0v) is 20.3. The van der Waals surface area contributed by atoms with E-state index >= 15 is 0 Å². The topological polar surface area (TPSA) is 117 Å². The van der Waals surface area contributed by atoms with Gasteiger partial charge in [0.25, 0.3) is 5.91 Å². The van der Waals surface area contributed by atoms with Gasteiger partial charge in [0.15, 0.2) is 0 Å². The van der Waals surface area contributed by atoms with Crippen molar-refractivity contribution in [3.63, 3.8) is 0 Å². The molecule has 2 atom stereocenters. The Morgan fingerprint density at radius 1 is 0.946 bits per heavy atom. The van der Waals surface area contributed by atoms with Crippen LogP contribution in [-0.2, 0) is 32.1 Å². The van der Waals surface area contributed by atoms with Gasteiger partial charge in [0, 0.05) is 31.4 Å². The molecule has 2 aliphatic carbocycles. The molecule has 0 aliphatic heterocycles. The Kier molecular flexibility index (Phi) is 7.94. The number of benzene rings is 1. The number of hydrogen-bond acceptors (Lipinski definition) is 5. The molecule has 2 fully saturated rings. The predicted molar refractivity (Wildman–Crippen MR) is 130 cm³/mol. The van der Waals surface area contributed by atoms with Crippen LogP contribution >= 0.6 is 0 Å². The number of halogens is 2. The van der Waals surface area contributed by atoms with Gasteiger partial charge in [-0.05, 0) is 42.4 Å².